The van der Waals surface area contributed by atoms with Crippen molar-refractivity contribution in [1.82, 2.24) is 5.32 Å². The Kier molecular flexibility index (Phi) is 6.97. The summed E-state index contributed by atoms with van der Waals surface area (Å²) in [6.45, 7) is 0. The van der Waals surface area contributed by atoms with Gasteiger partial charge in [-0.05, 0) is 54.1 Å². The number of anilines is 1. The number of carbonyl (C=O) groups is 3. The van der Waals surface area contributed by atoms with Crippen LogP contribution in [0.1, 0.15) is 26.3 Å². The van der Waals surface area contributed by atoms with E-state index in [1.807, 2.05) is 0 Å². The Morgan fingerprint density at radius 1 is 0.969 bits per heavy atom. The van der Waals surface area contributed by atoms with Crippen LogP contribution in [0.5, 0.6) is 5.75 Å². The van der Waals surface area contributed by atoms with Crippen molar-refractivity contribution in [2.45, 2.75) is 0 Å². The average Bonchev–Trinajstić information content (AvgIpc) is 2.80. The summed E-state index contributed by atoms with van der Waals surface area (Å²) in [7, 11) is 1.42. The predicted molar refractivity (Wildman–Crippen MR) is 117 cm³/mol. The lowest BCUT2D eigenvalue weighted by Gasteiger charge is -2.13. The first-order valence-electron chi connectivity index (χ1n) is 9.43. The smallest absolute Gasteiger partial charge is 0.335 e. The summed E-state index contributed by atoms with van der Waals surface area (Å²) in [5.41, 5.74) is 0.765. The molecule has 0 atom stereocenters. The van der Waals surface area contributed by atoms with E-state index >= 15 is 0 Å². The topological polar surface area (TPSA) is 105 Å². The van der Waals surface area contributed by atoms with Gasteiger partial charge < -0.3 is 20.5 Å². The molecule has 8 heteroatoms. The molecule has 0 aliphatic rings. The van der Waals surface area contributed by atoms with Gasteiger partial charge in [0.15, 0.2) is 0 Å². The van der Waals surface area contributed by atoms with Crippen molar-refractivity contribution in [2.75, 3.05) is 12.4 Å². The Bertz CT molecular complexity index is 1190. The van der Waals surface area contributed by atoms with E-state index in [1.165, 1.54) is 67.8 Å². The number of para-hydroxylation sites is 1. The van der Waals surface area contributed by atoms with Crippen molar-refractivity contribution in [3.05, 3.63) is 101 Å². The van der Waals surface area contributed by atoms with Crippen LogP contribution in [0, 0.1) is 5.82 Å². The summed E-state index contributed by atoms with van der Waals surface area (Å²) in [6, 6.07) is 17.5. The minimum absolute atomic E-state index is 0.00933. The number of rotatable bonds is 7. The third-order valence-electron chi connectivity index (χ3n) is 4.39. The van der Waals surface area contributed by atoms with Crippen LogP contribution in [-0.4, -0.2) is 30.0 Å². The third-order valence-corrected chi connectivity index (χ3v) is 4.39. The van der Waals surface area contributed by atoms with Gasteiger partial charge in [0.1, 0.15) is 17.3 Å². The molecule has 0 aromatic heterocycles. The van der Waals surface area contributed by atoms with Gasteiger partial charge >= 0.3 is 5.97 Å². The molecule has 0 aliphatic carbocycles. The first-order chi connectivity index (χ1) is 15.4. The van der Waals surface area contributed by atoms with E-state index in [4.69, 9.17) is 9.84 Å². The predicted octanol–water partition coefficient (Wildman–Crippen LogP) is 3.94. The average molecular weight is 434 g/mol. The Hall–Kier alpha value is -4.46. The number of aromatic carboxylic acids is 1. The molecular formula is C24H19FN2O5. The summed E-state index contributed by atoms with van der Waals surface area (Å²) in [5.74, 6) is -2.56. The van der Waals surface area contributed by atoms with Gasteiger partial charge in [-0.2, -0.15) is 0 Å². The molecule has 0 saturated carbocycles. The molecule has 3 aromatic rings. The zero-order valence-electron chi connectivity index (χ0n) is 17.0. The molecule has 0 radical (unpaired) electrons. The number of carboxylic acid groups (broad SMARTS) is 1. The van der Waals surface area contributed by atoms with Crippen LogP contribution in [0.2, 0.25) is 0 Å². The Balaban J connectivity index is 1.92. The van der Waals surface area contributed by atoms with Crippen molar-refractivity contribution in [1.29, 1.82) is 0 Å². The Labute approximate surface area is 183 Å². The van der Waals surface area contributed by atoms with Crippen molar-refractivity contribution < 1.29 is 28.6 Å². The van der Waals surface area contributed by atoms with E-state index in [-0.39, 0.29) is 22.5 Å². The van der Waals surface area contributed by atoms with Crippen LogP contribution in [0.3, 0.4) is 0 Å². The maximum absolute atomic E-state index is 13.3. The summed E-state index contributed by atoms with van der Waals surface area (Å²) >= 11 is 0. The number of ether oxygens (including phenoxy) is 1. The molecule has 2 amide bonds. The summed E-state index contributed by atoms with van der Waals surface area (Å²) in [6.07, 6.45) is 1.38. The van der Waals surface area contributed by atoms with E-state index < -0.39 is 23.6 Å². The van der Waals surface area contributed by atoms with Gasteiger partial charge in [-0.1, -0.05) is 30.3 Å². The van der Waals surface area contributed by atoms with Crippen LogP contribution in [0.25, 0.3) is 6.08 Å². The van der Waals surface area contributed by atoms with Gasteiger partial charge in [0.05, 0.1) is 18.2 Å². The number of hydrogen-bond acceptors (Lipinski definition) is 4. The molecule has 32 heavy (non-hydrogen) atoms. The lowest BCUT2D eigenvalue weighted by molar-refractivity contribution is -0.113. The number of benzene rings is 3. The number of carboxylic acids is 1. The highest BCUT2D eigenvalue weighted by Crippen LogP contribution is 2.18. The summed E-state index contributed by atoms with van der Waals surface area (Å²) in [5, 5.41) is 14.3. The zero-order chi connectivity index (χ0) is 23.1. The molecule has 0 spiro atoms. The first-order valence-corrected chi connectivity index (χ1v) is 9.43. The van der Waals surface area contributed by atoms with Crippen LogP contribution < -0.4 is 15.4 Å². The number of halogens is 1. The van der Waals surface area contributed by atoms with Gasteiger partial charge in [-0.3, -0.25) is 9.59 Å². The van der Waals surface area contributed by atoms with Crippen molar-refractivity contribution >= 4 is 29.5 Å². The molecular weight excluding hydrogens is 415 g/mol. The quantitative estimate of drug-likeness (QED) is 0.489. The fourth-order valence-corrected chi connectivity index (χ4v) is 2.83. The lowest BCUT2D eigenvalue weighted by atomic mass is 10.1. The normalized spacial score (nSPS) is 10.9. The standard InChI is InChI=1S/C24H19FN2O5/c1-32-21-8-3-2-7-19(21)22(28)27-20(13-15-9-11-17(25)12-10-15)23(29)26-18-6-4-5-16(14-18)24(30)31/h2-14H,1H3,(H,26,29)(H,27,28)(H,30,31)/b20-13+. The number of carbonyl (C=O) groups excluding carboxylic acids is 2. The van der Waals surface area contributed by atoms with E-state index in [1.54, 1.807) is 18.2 Å². The molecule has 3 aromatic carbocycles. The molecule has 0 heterocycles. The van der Waals surface area contributed by atoms with Gasteiger partial charge in [0, 0.05) is 5.69 Å². The molecule has 0 bridgehead atoms. The second-order valence-corrected chi connectivity index (χ2v) is 6.60. The molecule has 162 valence electrons. The van der Waals surface area contributed by atoms with Crippen LogP contribution >= 0.6 is 0 Å². The molecule has 0 unspecified atom stereocenters. The maximum Gasteiger partial charge on any atom is 0.335 e. The SMILES string of the molecule is COc1ccccc1C(=O)N/C(=C/c1ccc(F)cc1)C(=O)Nc1cccc(C(=O)O)c1. The third kappa shape index (κ3) is 5.57. The molecule has 3 N–H and O–H groups in total. The highest BCUT2D eigenvalue weighted by molar-refractivity contribution is 6.11. The number of hydrogen-bond donors (Lipinski definition) is 3. The fourth-order valence-electron chi connectivity index (χ4n) is 2.83. The largest absolute Gasteiger partial charge is 0.496 e. The first kappa shape index (κ1) is 22.2. The second kappa shape index (κ2) is 10.0. The lowest BCUT2D eigenvalue weighted by Crippen LogP contribution is -2.31. The van der Waals surface area contributed by atoms with Crippen LogP contribution in [-0.2, 0) is 4.79 Å². The van der Waals surface area contributed by atoms with E-state index in [0.717, 1.165) is 0 Å². The molecule has 0 aliphatic heterocycles. The van der Waals surface area contributed by atoms with Crippen molar-refractivity contribution in [3.8, 4) is 5.75 Å². The van der Waals surface area contributed by atoms with E-state index in [9.17, 15) is 18.8 Å². The highest BCUT2D eigenvalue weighted by Gasteiger charge is 2.18. The van der Waals surface area contributed by atoms with Gasteiger partial charge in [-0.25, -0.2) is 9.18 Å². The van der Waals surface area contributed by atoms with E-state index in [0.29, 0.717) is 11.3 Å². The Morgan fingerprint density at radius 3 is 2.38 bits per heavy atom. The molecule has 0 fully saturated rings. The number of amides is 2. The molecule has 7 nitrogen and oxygen atoms in total. The summed E-state index contributed by atoms with van der Waals surface area (Å²) < 4.78 is 18.4. The van der Waals surface area contributed by atoms with Crippen molar-refractivity contribution in [2.24, 2.45) is 0 Å². The minimum Gasteiger partial charge on any atom is -0.496 e. The van der Waals surface area contributed by atoms with E-state index in [2.05, 4.69) is 10.6 Å². The summed E-state index contributed by atoms with van der Waals surface area (Å²) in [4.78, 5) is 36.9. The Morgan fingerprint density at radius 2 is 1.69 bits per heavy atom. The number of nitrogens with one attached hydrogen (secondary N) is 2. The highest BCUT2D eigenvalue weighted by atomic mass is 19.1. The van der Waals surface area contributed by atoms with Gasteiger partial charge in [-0.15, -0.1) is 0 Å². The minimum atomic E-state index is -1.15. The number of methoxy groups -OCH3 is 1. The zero-order valence-corrected chi connectivity index (χ0v) is 17.0. The molecule has 3 rings (SSSR count). The van der Waals surface area contributed by atoms with Gasteiger partial charge in [0.25, 0.3) is 11.8 Å². The van der Waals surface area contributed by atoms with Crippen molar-refractivity contribution in [3.63, 3.8) is 0 Å². The fraction of sp³-hybridized carbons (Fsp3) is 0.0417. The molecule has 0 saturated heterocycles. The van der Waals surface area contributed by atoms with Crippen LogP contribution in [0.15, 0.2) is 78.5 Å². The van der Waals surface area contributed by atoms with Crippen LogP contribution in [0.4, 0.5) is 10.1 Å². The second-order valence-electron chi connectivity index (χ2n) is 6.60. The monoisotopic (exact) mass is 434 g/mol. The maximum atomic E-state index is 13.3. The van der Waals surface area contributed by atoms with Gasteiger partial charge in [0.2, 0.25) is 0 Å².